The molecule has 0 aliphatic carbocycles. The molecule has 0 fully saturated rings. The number of ether oxygens (including phenoxy) is 1. The van der Waals surface area contributed by atoms with Crippen molar-refractivity contribution in [3.63, 3.8) is 0 Å². The minimum atomic E-state index is -2.45. The minimum Gasteiger partial charge on any atom is -0.495 e. The zero-order chi connectivity index (χ0) is 13.0. The van der Waals surface area contributed by atoms with E-state index in [1.807, 2.05) is 0 Å². The molecule has 0 aromatic heterocycles. The van der Waals surface area contributed by atoms with Crippen LogP contribution in [0.1, 0.15) is 18.6 Å². The van der Waals surface area contributed by atoms with Crippen LogP contribution in [-0.4, -0.2) is 26.7 Å². The van der Waals surface area contributed by atoms with E-state index in [-0.39, 0.29) is 5.69 Å². The van der Waals surface area contributed by atoms with Gasteiger partial charge in [0.2, 0.25) is 0 Å². The molecule has 0 aliphatic rings. The van der Waals surface area contributed by atoms with E-state index < -0.39 is 23.0 Å². The van der Waals surface area contributed by atoms with Crippen LogP contribution < -0.4 is 15.2 Å². The number of nitrogens with one attached hydrogen (secondary N) is 1. The first-order valence-corrected chi connectivity index (χ1v) is 6.00. The van der Waals surface area contributed by atoms with Gasteiger partial charge in [-0.1, -0.05) is 6.07 Å². The first-order chi connectivity index (χ1) is 7.95. The second-order valence-corrected chi connectivity index (χ2v) is 4.27. The molecule has 6 nitrogen and oxygen atoms in total. The number of hydrogen-bond donors (Lipinski definition) is 3. The van der Waals surface area contributed by atoms with Gasteiger partial charge in [-0.25, -0.2) is 0 Å². The van der Waals surface area contributed by atoms with E-state index in [0.717, 1.165) is 0 Å². The van der Waals surface area contributed by atoms with Crippen LogP contribution in [0.5, 0.6) is 5.75 Å². The molecule has 1 radical (unpaired) electrons. The summed E-state index contributed by atoms with van der Waals surface area (Å²) in [5, 5.41) is 9.77. The van der Waals surface area contributed by atoms with E-state index in [1.165, 1.54) is 13.2 Å². The molecule has 4 N–H and O–H groups in total. The summed E-state index contributed by atoms with van der Waals surface area (Å²) >= 11 is 0. The Morgan fingerprint density at radius 3 is 2.59 bits per heavy atom. The van der Waals surface area contributed by atoms with E-state index in [2.05, 4.69) is 4.72 Å². The van der Waals surface area contributed by atoms with Gasteiger partial charge in [-0.15, -0.1) is 0 Å². The lowest BCUT2D eigenvalue weighted by Gasteiger charge is -2.16. The number of aliphatic hydroxyl groups excluding tert-OH is 1. The molecule has 0 bridgehead atoms. The molecule has 0 heterocycles. The van der Waals surface area contributed by atoms with Crippen LogP contribution in [0.25, 0.3) is 0 Å². The fourth-order valence-electron chi connectivity index (χ4n) is 1.38. The van der Waals surface area contributed by atoms with Gasteiger partial charge in [-0.3, -0.25) is 4.72 Å². The molecule has 7 heteroatoms. The lowest BCUT2D eigenvalue weighted by atomic mass is 10.0. The Bertz CT molecular complexity index is 452. The summed E-state index contributed by atoms with van der Waals surface area (Å²) in [6.07, 6.45) is -0.860. The van der Waals surface area contributed by atoms with Gasteiger partial charge in [0, 0.05) is 6.04 Å². The second kappa shape index (κ2) is 5.76. The highest BCUT2D eigenvalue weighted by atomic mass is 32.2. The maximum Gasteiger partial charge on any atom is 0.293 e. The van der Waals surface area contributed by atoms with E-state index in [0.29, 0.717) is 11.3 Å². The quantitative estimate of drug-likeness (QED) is 0.705. The van der Waals surface area contributed by atoms with Crippen LogP contribution in [0.4, 0.5) is 5.69 Å². The second-order valence-electron chi connectivity index (χ2n) is 3.60. The van der Waals surface area contributed by atoms with Gasteiger partial charge < -0.3 is 15.6 Å². The highest BCUT2D eigenvalue weighted by Crippen LogP contribution is 2.28. The third-order valence-corrected chi connectivity index (χ3v) is 2.64. The van der Waals surface area contributed by atoms with Crippen molar-refractivity contribution in [2.45, 2.75) is 19.1 Å². The molecule has 0 amide bonds. The first kappa shape index (κ1) is 13.6. The van der Waals surface area contributed by atoms with Crippen molar-refractivity contribution >= 4 is 16.6 Å². The molecule has 2 unspecified atom stereocenters. The lowest BCUT2D eigenvalue weighted by Crippen LogP contribution is -2.24. The maximum atomic E-state index is 10.6. The average molecular weight is 259 g/mol. The van der Waals surface area contributed by atoms with Crippen LogP contribution >= 0.6 is 0 Å². The number of rotatable bonds is 5. The van der Waals surface area contributed by atoms with Crippen molar-refractivity contribution in [3.8, 4) is 5.75 Å². The van der Waals surface area contributed by atoms with Crippen molar-refractivity contribution in [1.82, 2.24) is 0 Å². The Balaban J connectivity index is 3.12. The van der Waals surface area contributed by atoms with Gasteiger partial charge >= 0.3 is 0 Å². The van der Waals surface area contributed by atoms with Gasteiger partial charge in [0.15, 0.2) is 0 Å². The van der Waals surface area contributed by atoms with Gasteiger partial charge in [0.1, 0.15) is 5.75 Å². The molecule has 1 rings (SSSR count). The average Bonchev–Trinajstić information content (AvgIpc) is 2.27. The van der Waals surface area contributed by atoms with Gasteiger partial charge in [-0.05, 0) is 24.6 Å². The van der Waals surface area contributed by atoms with E-state index in [9.17, 15) is 13.5 Å². The number of methoxy groups -OCH3 is 1. The maximum absolute atomic E-state index is 10.6. The fourth-order valence-corrected chi connectivity index (χ4v) is 1.72. The summed E-state index contributed by atoms with van der Waals surface area (Å²) < 4.78 is 28.4. The molecule has 2 atom stereocenters. The third-order valence-electron chi connectivity index (χ3n) is 2.26. The third kappa shape index (κ3) is 3.52. The number of aliphatic hydroxyl groups is 1. The molecule has 0 aliphatic heterocycles. The number of benzene rings is 1. The highest BCUT2D eigenvalue weighted by molar-refractivity contribution is 7.73. The summed E-state index contributed by atoms with van der Waals surface area (Å²) in [5.41, 5.74) is 6.35. The molecular formula is C10H15N2O4S. The number of hydrogen-bond acceptors (Lipinski definition) is 5. The van der Waals surface area contributed by atoms with Gasteiger partial charge in [-0.2, -0.15) is 8.42 Å². The van der Waals surface area contributed by atoms with Crippen molar-refractivity contribution in [2.75, 3.05) is 11.8 Å². The zero-order valence-corrected chi connectivity index (χ0v) is 10.4. The van der Waals surface area contributed by atoms with Crippen LogP contribution in [0.2, 0.25) is 0 Å². The topological polar surface area (TPSA) is 102 Å². The predicted octanol–water partition coefficient (Wildman–Crippen LogP) is 0.282. The lowest BCUT2D eigenvalue weighted by molar-refractivity contribution is 0.153. The van der Waals surface area contributed by atoms with E-state index in [4.69, 9.17) is 10.5 Å². The number of nitrogens with two attached hydrogens (primary N) is 1. The Kier molecular flexibility index (Phi) is 4.62. The van der Waals surface area contributed by atoms with Gasteiger partial charge in [0.05, 0.1) is 18.9 Å². The van der Waals surface area contributed by atoms with E-state index in [1.54, 1.807) is 19.1 Å². The zero-order valence-electron chi connectivity index (χ0n) is 9.54. The summed E-state index contributed by atoms with van der Waals surface area (Å²) in [6.45, 7) is 1.66. The first-order valence-electron chi connectivity index (χ1n) is 4.93. The van der Waals surface area contributed by atoms with Crippen molar-refractivity contribution in [2.24, 2.45) is 5.73 Å². The Morgan fingerprint density at radius 1 is 1.47 bits per heavy atom. The standard InChI is InChI=1S/C10H15N2O4S/c1-6(11)10(13)7-3-4-9(16-2)8(5-7)12-17(14)15/h3-6,10,13H,11H2,1-2H3,(H,12,14,15). The molecule has 0 saturated carbocycles. The largest absolute Gasteiger partial charge is 0.495 e. The minimum absolute atomic E-state index is 0.262. The van der Waals surface area contributed by atoms with Crippen molar-refractivity contribution in [3.05, 3.63) is 23.8 Å². The Morgan fingerprint density at radius 2 is 2.12 bits per heavy atom. The van der Waals surface area contributed by atoms with Crippen LogP contribution in [0, 0.1) is 0 Å². The van der Waals surface area contributed by atoms with Gasteiger partial charge in [0.25, 0.3) is 10.9 Å². The highest BCUT2D eigenvalue weighted by Gasteiger charge is 2.15. The molecule has 0 saturated heterocycles. The summed E-state index contributed by atoms with van der Waals surface area (Å²) in [4.78, 5) is 0. The normalized spacial score (nSPS) is 13.9. The Hall–Kier alpha value is -1.44. The molecular weight excluding hydrogens is 244 g/mol. The molecule has 95 valence electrons. The molecule has 17 heavy (non-hydrogen) atoms. The van der Waals surface area contributed by atoms with Crippen molar-refractivity contribution in [1.29, 1.82) is 0 Å². The summed E-state index contributed by atoms with van der Waals surface area (Å²) in [7, 11) is -1.03. The monoisotopic (exact) mass is 259 g/mol. The van der Waals surface area contributed by atoms with E-state index >= 15 is 0 Å². The molecule has 0 spiro atoms. The number of anilines is 1. The SMILES string of the molecule is COc1ccc(C(O)C(C)N)cc1N[S](=O)=O. The Labute approximate surface area is 101 Å². The summed E-state index contributed by atoms with van der Waals surface area (Å²) in [5.74, 6) is 0.370. The van der Waals surface area contributed by atoms with Crippen LogP contribution in [-0.2, 0) is 10.9 Å². The van der Waals surface area contributed by atoms with Crippen LogP contribution in [0.3, 0.4) is 0 Å². The summed E-state index contributed by atoms with van der Waals surface area (Å²) in [6, 6.07) is 4.24. The van der Waals surface area contributed by atoms with Crippen LogP contribution in [0.15, 0.2) is 18.2 Å². The predicted molar refractivity (Wildman–Crippen MR) is 64.1 cm³/mol. The molecule has 1 aromatic rings. The fraction of sp³-hybridized carbons (Fsp3) is 0.400. The smallest absolute Gasteiger partial charge is 0.293 e. The van der Waals surface area contributed by atoms with Crippen molar-refractivity contribution < 1.29 is 18.3 Å². The molecule has 1 aromatic carbocycles.